The highest BCUT2D eigenvalue weighted by Crippen LogP contribution is 2.22. The Morgan fingerprint density at radius 3 is 2.58 bits per heavy atom. The first-order chi connectivity index (χ1) is 12.5. The molecule has 0 radical (unpaired) electrons. The number of carbonyl (C=O) groups excluding carboxylic acids is 2. The van der Waals surface area contributed by atoms with Crippen molar-refractivity contribution in [2.45, 2.75) is 25.9 Å². The topological polar surface area (TPSA) is 58.6 Å². The monoisotopic (exact) mass is 372 g/mol. The maximum absolute atomic E-state index is 12.7. The van der Waals surface area contributed by atoms with E-state index in [0.717, 1.165) is 25.9 Å². The molecule has 0 aromatic heterocycles. The number of para-hydroxylation sites is 1. The Balaban J connectivity index is 1.70. The van der Waals surface area contributed by atoms with Crippen LogP contribution < -0.4 is 10.1 Å². The van der Waals surface area contributed by atoms with Crippen molar-refractivity contribution in [3.05, 3.63) is 59.1 Å². The molecule has 5 nitrogen and oxygen atoms in total. The number of anilines is 1. The average Bonchev–Trinajstić information content (AvgIpc) is 3.16. The molecule has 6 heteroatoms. The fraction of sp³-hybridized carbons (Fsp3) is 0.300. The van der Waals surface area contributed by atoms with Crippen molar-refractivity contribution in [2.75, 3.05) is 18.4 Å². The highest BCUT2D eigenvalue weighted by Gasteiger charge is 2.23. The van der Waals surface area contributed by atoms with Gasteiger partial charge in [0.2, 0.25) is 0 Å². The maximum atomic E-state index is 12.7. The lowest BCUT2D eigenvalue weighted by Crippen LogP contribution is -2.32. The third-order valence-electron chi connectivity index (χ3n) is 4.29. The first-order valence-corrected chi connectivity index (χ1v) is 9.04. The van der Waals surface area contributed by atoms with Crippen LogP contribution in [0.3, 0.4) is 0 Å². The molecule has 2 aromatic rings. The molecule has 1 aliphatic heterocycles. The molecule has 1 atom stereocenters. The molecule has 1 heterocycles. The highest BCUT2D eigenvalue weighted by molar-refractivity contribution is 6.30. The minimum atomic E-state index is -0.733. The summed E-state index contributed by atoms with van der Waals surface area (Å²) in [5.74, 6) is 0.134. The van der Waals surface area contributed by atoms with Gasteiger partial charge in [-0.05, 0) is 50.1 Å². The number of nitrogens with one attached hydrogen (secondary N) is 1. The van der Waals surface area contributed by atoms with E-state index in [1.165, 1.54) is 0 Å². The van der Waals surface area contributed by atoms with E-state index in [1.807, 2.05) is 4.90 Å². The van der Waals surface area contributed by atoms with Gasteiger partial charge in [-0.1, -0.05) is 29.8 Å². The summed E-state index contributed by atoms with van der Waals surface area (Å²) in [6.07, 6.45) is 1.30. The van der Waals surface area contributed by atoms with Crippen LogP contribution in [0.25, 0.3) is 0 Å². The molecule has 1 aliphatic rings. The molecule has 0 unspecified atom stereocenters. The van der Waals surface area contributed by atoms with Gasteiger partial charge in [-0.2, -0.15) is 0 Å². The molecule has 1 saturated heterocycles. The van der Waals surface area contributed by atoms with Crippen LogP contribution in [-0.4, -0.2) is 35.9 Å². The molecular formula is C20H21ClN2O3. The minimum absolute atomic E-state index is 0.0539. The van der Waals surface area contributed by atoms with Gasteiger partial charge >= 0.3 is 0 Å². The normalized spacial score (nSPS) is 14.8. The first-order valence-electron chi connectivity index (χ1n) is 8.66. The fourth-order valence-electron chi connectivity index (χ4n) is 2.90. The van der Waals surface area contributed by atoms with E-state index in [2.05, 4.69) is 5.32 Å². The van der Waals surface area contributed by atoms with Gasteiger partial charge < -0.3 is 15.0 Å². The maximum Gasteiger partial charge on any atom is 0.265 e. The number of hydrogen-bond donors (Lipinski definition) is 1. The summed E-state index contributed by atoms with van der Waals surface area (Å²) in [4.78, 5) is 27.0. The van der Waals surface area contributed by atoms with Crippen molar-refractivity contribution in [3.63, 3.8) is 0 Å². The van der Waals surface area contributed by atoms with Crippen LogP contribution in [0, 0.1) is 0 Å². The van der Waals surface area contributed by atoms with Gasteiger partial charge in [0.25, 0.3) is 11.8 Å². The van der Waals surface area contributed by atoms with Crippen molar-refractivity contribution < 1.29 is 14.3 Å². The Kier molecular flexibility index (Phi) is 5.78. The van der Waals surface area contributed by atoms with E-state index in [4.69, 9.17) is 16.3 Å². The summed E-state index contributed by atoms with van der Waals surface area (Å²) in [6, 6.07) is 13.9. The van der Waals surface area contributed by atoms with Crippen LogP contribution in [0.2, 0.25) is 5.02 Å². The molecule has 0 saturated carbocycles. The van der Waals surface area contributed by atoms with E-state index in [9.17, 15) is 9.59 Å². The lowest BCUT2D eigenvalue weighted by atomic mass is 10.1. The summed E-state index contributed by atoms with van der Waals surface area (Å²) < 4.78 is 5.64. The quantitative estimate of drug-likeness (QED) is 0.863. The predicted octanol–water partition coefficient (Wildman–Crippen LogP) is 3.98. The number of amides is 2. The fourth-order valence-corrected chi connectivity index (χ4v) is 3.08. The van der Waals surface area contributed by atoms with Crippen LogP contribution in [-0.2, 0) is 4.79 Å². The van der Waals surface area contributed by atoms with Gasteiger partial charge in [0, 0.05) is 18.1 Å². The van der Waals surface area contributed by atoms with Crippen LogP contribution in [0.5, 0.6) is 5.75 Å². The summed E-state index contributed by atoms with van der Waals surface area (Å²) in [5, 5.41) is 3.34. The zero-order valence-corrected chi connectivity index (χ0v) is 15.3. The molecule has 1 N–H and O–H groups in total. The second kappa shape index (κ2) is 8.23. The smallest absolute Gasteiger partial charge is 0.265 e. The Labute approximate surface area is 157 Å². The lowest BCUT2D eigenvalue weighted by Gasteiger charge is -2.19. The van der Waals surface area contributed by atoms with E-state index in [0.29, 0.717) is 22.0 Å². The number of benzene rings is 2. The number of nitrogens with zero attached hydrogens (tertiary/aromatic N) is 1. The summed E-state index contributed by atoms with van der Waals surface area (Å²) >= 11 is 5.93. The SMILES string of the molecule is C[C@H](Oc1cccc(Cl)c1)C(=O)Nc1ccccc1C(=O)N1CCCC1. The zero-order valence-electron chi connectivity index (χ0n) is 14.6. The number of likely N-dealkylation sites (tertiary alicyclic amines) is 1. The molecular weight excluding hydrogens is 352 g/mol. The van der Waals surface area contributed by atoms with Crippen LogP contribution in [0.4, 0.5) is 5.69 Å². The molecule has 0 bridgehead atoms. The Bertz CT molecular complexity index is 803. The first kappa shape index (κ1) is 18.3. The number of hydrogen-bond acceptors (Lipinski definition) is 3. The lowest BCUT2D eigenvalue weighted by molar-refractivity contribution is -0.122. The number of ether oxygens (including phenoxy) is 1. The van der Waals surface area contributed by atoms with Crippen molar-refractivity contribution >= 4 is 29.1 Å². The molecule has 0 spiro atoms. The van der Waals surface area contributed by atoms with E-state index in [1.54, 1.807) is 55.5 Å². The van der Waals surface area contributed by atoms with Crippen molar-refractivity contribution in [2.24, 2.45) is 0 Å². The van der Waals surface area contributed by atoms with Gasteiger partial charge in [0.15, 0.2) is 6.10 Å². The zero-order chi connectivity index (χ0) is 18.5. The van der Waals surface area contributed by atoms with E-state index in [-0.39, 0.29) is 11.8 Å². The molecule has 2 aromatic carbocycles. The van der Waals surface area contributed by atoms with Crippen LogP contribution >= 0.6 is 11.6 Å². The largest absolute Gasteiger partial charge is 0.481 e. The Morgan fingerprint density at radius 2 is 1.85 bits per heavy atom. The summed E-state index contributed by atoms with van der Waals surface area (Å²) in [7, 11) is 0. The summed E-state index contributed by atoms with van der Waals surface area (Å²) in [5.41, 5.74) is 0.994. The van der Waals surface area contributed by atoms with E-state index >= 15 is 0 Å². The number of halogens is 1. The van der Waals surface area contributed by atoms with Gasteiger partial charge in [-0.25, -0.2) is 0 Å². The summed E-state index contributed by atoms with van der Waals surface area (Å²) in [6.45, 7) is 3.17. The van der Waals surface area contributed by atoms with Crippen molar-refractivity contribution in [1.82, 2.24) is 4.90 Å². The molecule has 3 rings (SSSR count). The second-order valence-corrected chi connectivity index (χ2v) is 6.69. The molecule has 2 amide bonds. The van der Waals surface area contributed by atoms with Crippen LogP contribution in [0.1, 0.15) is 30.1 Å². The van der Waals surface area contributed by atoms with Crippen molar-refractivity contribution in [3.8, 4) is 5.75 Å². The molecule has 26 heavy (non-hydrogen) atoms. The van der Waals surface area contributed by atoms with Crippen LogP contribution in [0.15, 0.2) is 48.5 Å². The molecule has 136 valence electrons. The highest BCUT2D eigenvalue weighted by atomic mass is 35.5. The minimum Gasteiger partial charge on any atom is -0.481 e. The van der Waals surface area contributed by atoms with Gasteiger partial charge in [-0.3, -0.25) is 9.59 Å². The van der Waals surface area contributed by atoms with Gasteiger partial charge in [0.1, 0.15) is 5.75 Å². The van der Waals surface area contributed by atoms with Gasteiger partial charge in [-0.15, -0.1) is 0 Å². The van der Waals surface area contributed by atoms with Crippen molar-refractivity contribution in [1.29, 1.82) is 0 Å². The number of carbonyl (C=O) groups is 2. The molecule has 0 aliphatic carbocycles. The Morgan fingerprint density at radius 1 is 1.12 bits per heavy atom. The number of rotatable bonds is 5. The second-order valence-electron chi connectivity index (χ2n) is 6.25. The van der Waals surface area contributed by atoms with E-state index < -0.39 is 6.10 Å². The van der Waals surface area contributed by atoms with Gasteiger partial charge in [0.05, 0.1) is 11.3 Å². The average molecular weight is 373 g/mol. The standard InChI is InChI=1S/C20H21ClN2O3/c1-14(26-16-8-6-7-15(21)13-16)19(24)22-18-10-3-2-9-17(18)20(25)23-11-4-5-12-23/h2-3,6-10,13-14H,4-5,11-12H2,1H3,(H,22,24)/t14-/m0/s1. The third kappa shape index (κ3) is 4.35. The predicted molar refractivity (Wildman–Crippen MR) is 102 cm³/mol. The Hall–Kier alpha value is -2.53. The molecule has 1 fully saturated rings. The third-order valence-corrected chi connectivity index (χ3v) is 4.52.